The summed E-state index contributed by atoms with van der Waals surface area (Å²) in [6.45, 7) is 9.11. The van der Waals surface area contributed by atoms with Gasteiger partial charge in [0.2, 0.25) is 0 Å². The minimum absolute atomic E-state index is 0.895. The minimum Gasteiger partial charge on any atom is -0.373 e. The van der Waals surface area contributed by atoms with Crippen molar-refractivity contribution in [3.63, 3.8) is 0 Å². The Hall–Kier alpha value is -1.13. The number of nitrogens with zero attached hydrogens (tertiary/aromatic N) is 2. The first-order valence-corrected chi connectivity index (χ1v) is 7.16. The van der Waals surface area contributed by atoms with Gasteiger partial charge in [0.25, 0.3) is 0 Å². The normalized spacial score (nSPS) is 15.2. The van der Waals surface area contributed by atoms with Crippen molar-refractivity contribution in [3.8, 4) is 0 Å². The number of rotatable bonds is 5. The van der Waals surface area contributed by atoms with Gasteiger partial charge in [0, 0.05) is 25.8 Å². The van der Waals surface area contributed by atoms with Crippen molar-refractivity contribution < 1.29 is 0 Å². The smallest absolute Gasteiger partial charge is 0.0799 e. The van der Waals surface area contributed by atoms with Crippen LogP contribution in [0.25, 0.3) is 0 Å². The van der Waals surface area contributed by atoms with E-state index in [1.165, 1.54) is 11.3 Å². The molecule has 1 aliphatic heterocycles. The molecule has 0 atom stereocenters. The number of benzene rings is 1. The van der Waals surface area contributed by atoms with E-state index in [2.05, 4.69) is 59.3 Å². The summed E-state index contributed by atoms with van der Waals surface area (Å²) in [5.74, 6) is 0. The highest BCUT2D eigenvalue weighted by molar-refractivity contribution is 8.01. The fourth-order valence-electron chi connectivity index (χ4n) is 1.94. The highest BCUT2D eigenvalue weighted by Gasteiger charge is 2.15. The average molecular weight is 263 g/mol. The third-order valence-corrected chi connectivity index (χ3v) is 4.06. The lowest BCUT2D eigenvalue weighted by atomic mass is 10.1. The summed E-state index contributed by atoms with van der Waals surface area (Å²) < 4.78 is 3.23. The Morgan fingerprint density at radius 1 is 1.39 bits per heavy atom. The molecule has 1 aromatic rings. The van der Waals surface area contributed by atoms with Gasteiger partial charge in [0.1, 0.15) is 0 Å². The third-order valence-electron chi connectivity index (χ3n) is 3.29. The summed E-state index contributed by atoms with van der Waals surface area (Å²) in [7, 11) is 2.14. The van der Waals surface area contributed by atoms with Crippen molar-refractivity contribution in [1.82, 2.24) is 9.62 Å². The average Bonchev–Trinajstić information content (AvgIpc) is 2.81. The van der Waals surface area contributed by atoms with E-state index in [0.717, 1.165) is 31.2 Å². The molecule has 1 saturated heterocycles. The molecular weight excluding hydrogens is 242 g/mol. The zero-order valence-corrected chi connectivity index (χ0v) is 12.0. The predicted octanol–water partition coefficient (Wildman–Crippen LogP) is 2.67. The Morgan fingerprint density at radius 3 is 2.67 bits per heavy atom. The number of hydrogen-bond donors (Lipinski definition) is 1. The van der Waals surface area contributed by atoms with E-state index in [-0.39, 0.29) is 0 Å². The lowest BCUT2D eigenvalue weighted by Gasteiger charge is -2.24. The lowest BCUT2D eigenvalue weighted by Crippen LogP contribution is -2.31. The van der Waals surface area contributed by atoms with Crippen molar-refractivity contribution in [2.75, 3.05) is 31.7 Å². The van der Waals surface area contributed by atoms with Crippen LogP contribution in [0.4, 0.5) is 5.69 Å². The number of nitrogens with one attached hydrogen (secondary N) is 1. The molecule has 4 heteroatoms. The SMILES string of the molecule is C=C1SNCN1CCN(C)c1ccc(CC)cc1. The van der Waals surface area contributed by atoms with E-state index < -0.39 is 0 Å². The molecule has 1 fully saturated rings. The number of hydrogen-bond acceptors (Lipinski definition) is 4. The van der Waals surface area contributed by atoms with Crippen molar-refractivity contribution in [2.24, 2.45) is 0 Å². The summed E-state index contributed by atoms with van der Waals surface area (Å²) in [6, 6.07) is 8.81. The first-order valence-electron chi connectivity index (χ1n) is 6.34. The standard InChI is InChI=1S/C14H21N3S/c1-4-13-5-7-14(8-6-13)16(3)9-10-17-11-15-18-12(17)2/h5-8,15H,2,4,9-11H2,1,3H3. The highest BCUT2D eigenvalue weighted by Crippen LogP contribution is 2.21. The molecule has 0 aliphatic carbocycles. The summed E-state index contributed by atoms with van der Waals surface area (Å²) in [4.78, 5) is 4.55. The Kier molecular flexibility index (Phi) is 4.55. The molecule has 1 aromatic carbocycles. The van der Waals surface area contributed by atoms with E-state index in [1.807, 2.05) is 0 Å². The van der Waals surface area contributed by atoms with Crippen molar-refractivity contribution >= 4 is 17.6 Å². The highest BCUT2D eigenvalue weighted by atomic mass is 32.2. The van der Waals surface area contributed by atoms with Crippen molar-refractivity contribution in [1.29, 1.82) is 0 Å². The van der Waals surface area contributed by atoms with Crippen LogP contribution in [0.5, 0.6) is 0 Å². The Bertz CT molecular complexity index is 402. The molecule has 0 aromatic heterocycles. The third kappa shape index (κ3) is 3.21. The van der Waals surface area contributed by atoms with Crippen molar-refractivity contribution in [3.05, 3.63) is 41.4 Å². The van der Waals surface area contributed by atoms with Gasteiger partial charge in [-0.15, -0.1) is 0 Å². The first kappa shape index (κ1) is 13.3. The molecule has 2 rings (SSSR count). The van der Waals surface area contributed by atoms with E-state index in [9.17, 15) is 0 Å². The lowest BCUT2D eigenvalue weighted by molar-refractivity contribution is 0.391. The Labute approximate surface area is 114 Å². The van der Waals surface area contributed by atoms with Gasteiger partial charge in [-0.2, -0.15) is 0 Å². The second-order valence-corrected chi connectivity index (χ2v) is 5.47. The van der Waals surface area contributed by atoms with Gasteiger partial charge < -0.3 is 9.80 Å². The fourth-order valence-corrected chi connectivity index (χ4v) is 2.61. The van der Waals surface area contributed by atoms with Gasteiger partial charge in [-0.25, -0.2) is 4.72 Å². The predicted molar refractivity (Wildman–Crippen MR) is 80.5 cm³/mol. The Morgan fingerprint density at radius 2 is 2.11 bits per heavy atom. The fraction of sp³-hybridized carbons (Fsp3) is 0.429. The van der Waals surface area contributed by atoms with Crippen LogP contribution in [0.2, 0.25) is 0 Å². The minimum atomic E-state index is 0.895. The monoisotopic (exact) mass is 263 g/mol. The maximum absolute atomic E-state index is 4.02. The largest absolute Gasteiger partial charge is 0.373 e. The van der Waals surface area contributed by atoms with Crippen LogP contribution in [0.3, 0.4) is 0 Å². The molecular formula is C14H21N3S. The molecule has 0 amide bonds. The van der Waals surface area contributed by atoms with Crippen LogP contribution in [-0.4, -0.2) is 31.7 Å². The molecule has 1 N–H and O–H groups in total. The number of aryl methyl sites for hydroxylation is 1. The second-order valence-electron chi connectivity index (χ2n) is 4.50. The molecule has 0 radical (unpaired) electrons. The van der Waals surface area contributed by atoms with Gasteiger partial charge in [-0.05, 0) is 36.1 Å². The molecule has 1 heterocycles. The van der Waals surface area contributed by atoms with Crippen LogP contribution in [0, 0.1) is 0 Å². The Balaban J connectivity index is 1.86. The molecule has 3 nitrogen and oxygen atoms in total. The van der Waals surface area contributed by atoms with Crippen molar-refractivity contribution in [2.45, 2.75) is 13.3 Å². The molecule has 0 spiro atoms. The summed E-state index contributed by atoms with van der Waals surface area (Å²) in [5, 5.41) is 1.12. The molecule has 98 valence electrons. The molecule has 18 heavy (non-hydrogen) atoms. The molecule has 1 aliphatic rings. The van der Waals surface area contributed by atoms with E-state index >= 15 is 0 Å². The van der Waals surface area contributed by atoms with Crippen LogP contribution in [-0.2, 0) is 6.42 Å². The van der Waals surface area contributed by atoms with Crippen LogP contribution in [0.15, 0.2) is 35.9 Å². The topological polar surface area (TPSA) is 18.5 Å². The van der Waals surface area contributed by atoms with Gasteiger partial charge in [0.15, 0.2) is 0 Å². The van der Waals surface area contributed by atoms with E-state index in [0.29, 0.717) is 0 Å². The van der Waals surface area contributed by atoms with Crippen LogP contribution >= 0.6 is 11.9 Å². The quantitative estimate of drug-likeness (QED) is 0.823. The summed E-state index contributed by atoms with van der Waals surface area (Å²) >= 11 is 1.62. The second kappa shape index (κ2) is 6.16. The molecule has 0 unspecified atom stereocenters. The van der Waals surface area contributed by atoms with Crippen LogP contribution in [0.1, 0.15) is 12.5 Å². The first-order chi connectivity index (χ1) is 8.70. The maximum atomic E-state index is 4.02. The zero-order chi connectivity index (χ0) is 13.0. The van der Waals surface area contributed by atoms with Gasteiger partial charge in [0.05, 0.1) is 11.7 Å². The number of likely N-dealkylation sites (N-methyl/N-ethyl adjacent to an activating group) is 1. The van der Waals surface area contributed by atoms with E-state index in [1.54, 1.807) is 11.9 Å². The number of anilines is 1. The van der Waals surface area contributed by atoms with Crippen LogP contribution < -0.4 is 9.62 Å². The van der Waals surface area contributed by atoms with Gasteiger partial charge in [-0.3, -0.25) is 0 Å². The summed E-state index contributed by atoms with van der Waals surface area (Å²) in [6.07, 6.45) is 1.10. The summed E-state index contributed by atoms with van der Waals surface area (Å²) in [5.41, 5.74) is 2.67. The maximum Gasteiger partial charge on any atom is 0.0799 e. The van der Waals surface area contributed by atoms with Gasteiger partial charge in [-0.1, -0.05) is 25.6 Å². The molecule has 0 bridgehead atoms. The van der Waals surface area contributed by atoms with Gasteiger partial charge >= 0.3 is 0 Å². The van der Waals surface area contributed by atoms with E-state index in [4.69, 9.17) is 0 Å². The molecule has 0 saturated carbocycles. The zero-order valence-electron chi connectivity index (χ0n) is 11.1.